The molecule has 0 aliphatic heterocycles. The number of fused-ring (bicyclic) bond motifs is 1. The molecule has 20 heavy (non-hydrogen) atoms. The number of hydrogen-bond acceptors (Lipinski definition) is 3. The Balaban J connectivity index is 2.18. The molecule has 3 aromatic rings. The number of sulfone groups is 1. The summed E-state index contributed by atoms with van der Waals surface area (Å²) < 4.78 is 24.9. The van der Waals surface area contributed by atoms with Crippen molar-refractivity contribution >= 4 is 20.7 Å². The van der Waals surface area contributed by atoms with Gasteiger partial charge in [0.2, 0.25) is 9.84 Å². The SMILES string of the molecule is N#Cc1ccc2[nH]c(S(=O)(=O)c3ccccc3)cc2c1. The molecule has 0 saturated heterocycles. The Kier molecular flexibility index (Phi) is 2.81. The summed E-state index contributed by atoms with van der Waals surface area (Å²) >= 11 is 0. The van der Waals surface area contributed by atoms with Crippen LogP contribution in [0.4, 0.5) is 0 Å². The van der Waals surface area contributed by atoms with Gasteiger partial charge in [0, 0.05) is 10.9 Å². The highest BCUT2D eigenvalue weighted by atomic mass is 32.2. The zero-order valence-electron chi connectivity index (χ0n) is 10.4. The summed E-state index contributed by atoms with van der Waals surface area (Å²) in [4.78, 5) is 3.13. The summed E-state index contributed by atoms with van der Waals surface area (Å²) in [5, 5.41) is 9.70. The van der Waals surface area contributed by atoms with Gasteiger partial charge in [-0.2, -0.15) is 5.26 Å². The van der Waals surface area contributed by atoms with E-state index in [4.69, 9.17) is 5.26 Å². The van der Waals surface area contributed by atoms with Crippen molar-refractivity contribution in [2.24, 2.45) is 0 Å². The van der Waals surface area contributed by atoms with Crippen LogP contribution in [0.2, 0.25) is 0 Å². The van der Waals surface area contributed by atoms with Crippen LogP contribution in [0.5, 0.6) is 0 Å². The number of hydrogen-bond donors (Lipinski definition) is 1. The van der Waals surface area contributed by atoms with Gasteiger partial charge in [-0.1, -0.05) is 18.2 Å². The number of aromatic amines is 1. The molecule has 1 aromatic heterocycles. The molecule has 0 fully saturated rings. The number of nitriles is 1. The Morgan fingerprint density at radius 3 is 2.45 bits per heavy atom. The second-order valence-corrected chi connectivity index (χ2v) is 6.28. The second kappa shape index (κ2) is 4.51. The first kappa shape index (κ1) is 12.5. The van der Waals surface area contributed by atoms with E-state index >= 15 is 0 Å². The molecular weight excluding hydrogens is 272 g/mol. The van der Waals surface area contributed by atoms with Gasteiger partial charge >= 0.3 is 0 Å². The Morgan fingerprint density at radius 1 is 1.00 bits per heavy atom. The highest BCUT2D eigenvalue weighted by molar-refractivity contribution is 7.91. The molecular formula is C15H10N2O2S. The van der Waals surface area contributed by atoms with Crippen molar-refractivity contribution in [3.63, 3.8) is 0 Å². The van der Waals surface area contributed by atoms with E-state index in [0.717, 1.165) is 0 Å². The van der Waals surface area contributed by atoms with E-state index in [0.29, 0.717) is 16.5 Å². The molecule has 0 spiro atoms. The lowest BCUT2D eigenvalue weighted by atomic mass is 10.2. The Labute approximate surface area is 116 Å². The summed E-state index contributed by atoms with van der Waals surface area (Å²) in [5.74, 6) is 0. The van der Waals surface area contributed by atoms with E-state index in [9.17, 15) is 8.42 Å². The molecule has 0 saturated carbocycles. The van der Waals surface area contributed by atoms with Gasteiger partial charge in [0.1, 0.15) is 5.03 Å². The van der Waals surface area contributed by atoms with Crippen LogP contribution in [0.15, 0.2) is 64.5 Å². The summed E-state index contributed by atoms with van der Waals surface area (Å²) in [6.07, 6.45) is 0. The molecule has 3 rings (SSSR count). The predicted molar refractivity (Wildman–Crippen MR) is 74.9 cm³/mol. The smallest absolute Gasteiger partial charge is 0.221 e. The normalized spacial score (nSPS) is 11.3. The molecule has 0 atom stereocenters. The number of benzene rings is 2. The number of H-pyrrole nitrogens is 1. The molecule has 1 N–H and O–H groups in total. The van der Waals surface area contributed by atoms with Crippen LogP contribution >= 0.6 is 0 Å². The van der Waals surface area contributed by atoms with Gasteiger partial charge in [-0.05, 0) is 36.4 Å². The predicted octanol–water partition coefficient (Wildman–Crippen LogP) is 2.87. The van der Waals surface area contributed by atoms with Crippen LogP contribution < -0.4 is 0 Å². The minimum Gasteiger partial charge on any atom is -0.345 e. The van der Waals surface area contributed by atoms with Crippen molar-refractivity contribution in [3.05, 3.63) is 60.2 Å². The molecule has 0 aliphatic rings. The summed E-state index contributed by atoms with van der Waals surface area (Å²) in [5.41, 5.74) is 1.19. The van der Waals surface area contributed by atoms with Crippen molar-refractivity contribution in [2.45, 2.75) is 9.92 Å². The van der Waals surface area contributed by atoms with Gasteiger partial charge in [-0.25, -0.2) is 8.42 Å². The third-order valence-electron chi connectivity index (χ3n) is 3.07. The van der Waals surface area contributed by atoms with Crippen molar-refractivity contribution in [1.29, 1.82) is 5.26 Å². The Hall–Kier alpha value is -2.58. The third-order valence-corrected chi connectivity index (χ3v) is 4.76. The zero-order valence-corrected chi connectivity index (χ0v) is 11.2. The molecule has 0 radical (unpaired) electrons. The first-order valence-corrected chi connectivity index (χ1v) is 7.42. The largest absolute Gasteiger partial charge is 0.345 e. The molecule has 4 nitrogen and oxygen atoms in total. The highest BCUT2D eigenvalue weighted by Gasteiger charge is 2.19. The number of nitrogens with one attached hydrogen (secondary N) is 1. The van der Waals surface area contributed by atoms with E-state index in [-0.39, 0.29) is 9.92 Å². The quantitative estimate of drug-likeness (QED) is 0.785. The number of rotatable bonds is 2. The molecule has 98 valence electrons. The molecule has 0 amide bonds. The summed E-state index contributed by atoms with van der Waals surface area (Å²) in [7, 11) is -3.56. The molecule has 1 heterocycles. The molecule has 0 bridgehead atoms. The fraction of sp³-hybridized carbons (Fsp3) is 0. The lowest BCUT2D eigenvalue weighted by Gasteiger charge is -2.00. The van der Waals surface area contributed by atoms with Gasteiger partial charge in [0.15, 0.2) is 0 Å². The van der Waals surface area contributed by atoms with Crippen molar-refractivity contribution in [2.75, 3.05) is 0 Å². The van der Waals surface area contributed by atoms with E-state index in [1.807, 2.05) is 6.07 Å². The van der Waals surface area contributed by atoms with E-state index in [1.54, 1.807) is 54.6 Å². The minimum atomic E-state index is -3.56. The van der Waals surface area contributed by atoms with Crippen LogP contribution in [0.25, 0.3) is 10.9 Å². The van der Waals surface area contributed by atoms with E-state index in [1.165, 1.54) is 0 Å². The van der Waals surface area contributed by atoms with Crippen LogP contribution in [0.1, 0.15) is 5.56 Å². The van der Waals surface area contributed by atoms with Crippen LogP contribution in [0, 0.1) is 11.3 Å². The van der Waals surface area contributed by atoms with E-state index in [2.05, 4.69) is 4.98 Å². The average Bonchev–Trinajstić information content (AvgIpc) is 2.91. The average molecular weight is 282 g/mol. The van der Waals surface area contributed by atoms with Crippen LogP contribution in [-0.4, -0.2) is 13.4 Å². The fourth-order valence-electron chi connectivity index (χ4n) is 2.05. The highest BCUT2D eigenvalue weighted by Crippen LogP contribution is 2.24. The van der Waals surface area contributed by atoms with Crippen LogP contribution in [0.3, 0.4) is 0 Å². The second-order valence-electron chi connectivity index (χ2n) is 4.36. The monoisotopic (exact) mass is 282 g/mol. The van der Waals surface area contributed by atoms with Gasteiger partial charge in [-0.15, -0.1) is 0 Å². The minimum absolute atomic E-state index is 0.133. The maximum absolute atomic E-state index is 12.5. The standard InChI is InChI=1S/C15H10N2O2S/c16-10-11-6-7-14-12(8-11)9-15(17-14)20(18,19)13-4-2-1-3-5-13/h1-9,17H. The van der Waals surface area contributed by atoms with Crippen molar-refractivity contribution in [1.82, 2.24) is 4.98 Å². The van der Waals surface area contributed by atoms with Gasteiger partial charge in [-0.3, -0.25) is 0 Å². The van der Waals surface area contributed by atoms with Crippen molar-refractivity contribution in [3.8, 4) is 6.07 Å². The fourth-order valence-corrected chi connectivity index (χ4v) is 3.34. The zero-order chi connectivity index (χ0) is 14.2. The molecule has 0 unspecified atom stereocenters. The van der Waals surface area contributed by atoms with E-state index < -0.39 is 9.84 Å². The molecule has 0 aliphatic carbocycles. The van der Waals surface area contributed by atoms with Gasteiger partial charge < -0.3 is 4.98 Å². The Bertz CT molecular complexity index is 919. The molecule has 2 aromatic carbocycles. The van der Waals surface area contributed by atoms with Gasteiger partial charge in [0.05, 0.1) is 16.5 Å². The lowest BCUT2D eigenvalue weighted by Crippen LogP contribution is -2.01. The maximum Gasteiger partial charge on any atom is 0.221 e. The third kappa shape index (κ3) is 1.96. The van der Waals surface area contributed by atoms with Crippen LogP contribution in [-0.2, 0) is 9.84 Å². The number of aromatic nitrogens is 1. The van der Waals surface area contributed by atoms with Crippen molar-refractivity contribution < 1.29 is 8.42 Å². The summed E-state index contributed by atoms with van der Waals surface area (Å²) in [6.45, 7) is 0. The maximum atomic E-state index is 12.5. The molecule has 5 heteroatoms. The Morgan fingerprint density at radius 2 is 1.75 bits per heavy atom. The topological polar surface area (TPSA) is 73.7 Å². The first-order chi connectivity index (χ1) is 9.61. The number of nitrogens with zero attached hydrogens (tertiary/aromatic N) is 1. The lowest BCUT2D eigenvalue weighted by molar-refractivity contribution is 0.593. The summed E-state index contributed by atoms with van der Waals surface area (Å²) in [6, 6.07) is 16.9. The first-order valence-electron chi connectivity index (χ1n) is 5.94. The van der Waals surface area contributed by atoms with Gasteiger partial charge in [0.25, 0.3) is 0 Å².